The second kappa shape index (κ2) is 9.44. The lowest BCUT2D eigenvalue weighted by molar-refractivity contribution is 0.0172. The summed E-state index contributed by atoms with van der Waals surface area (Å²) in [6.07, 6.45) is 0. The number of sulfonamides is 1. The molecule has 0 saturated carbocycles. The van der Waals surface area contributed by atoms with E-state index in [0.717, 1.165) is 24.3 Å². The molecule has 1 fully saturated rings. The van der Waals surface area contributed by atoms with Gasteiger partial charge in [0.2, 0.25) is 10.0 Å². The topological polar surface area (TPSA) is 80.3 Å². The number of morpholine rings is 1. The molecule has 1 N–H and O–H groups in total. The molecule has 1 saturated heterocycles. The summed E-state index contributed by atoms with van der Waals surface area (Å²) in [4.78, 5) is 4.47. The molecule has 2 heterocycles. The zero-order chi connectivity index (χ0) is 21.8. The highest BCUT2D eigenvalue weighted by molar-refractivity contribution is 7.89. The first kappa shape index (κ1) is 21.9. The fourth-order valence-corrected chi connectivity index (χ4v) is 4.86. The number of nitrogens with zero attached hydrogens (tertiary/aromatic N) is 2. The van der Waals surface area contributed by atoms with Crippen molar-refractivity contribution >= 4 is 15.7 Å². The predicted octanol–water partition coefficient (Wildman–Crippen LogP) is 1.88. The van der Waals surface area contributed by atoms with Crippen LogP contribution in [0.25, 0.3) is 0 Å². The molecular formula is C22H29N3O5S. The van der Waals surface area contributed by atoms with Gasteiger partial charge < -0.3 is 19.1 Å². The zero-order valence-corrected chi connectivity index (χ0v) is 18.7. The molecule has 0 radical (unpaired) electrons. The minimum absolute atomic E-state index is 0.0907. The van der Waals surface area contributed by atoms with Gasteiger partial charge in [-0.25, -0.2) is 13.1 Å². The van der Waals surface area contributed by atoms with Crippen LogP contribution in [0.2, 0.25) is 0 Å². The van der Waals surface area contributed by atoms with Crippen LogP contribution in [-0.4, -0.2) is 73.5 Å². The molecule has 2 aromatic rings. The first-order chi connectivity index (χ1) is 14.9. The van der Waals surface area contributed by atoms with Crippen molar-refractivity contribution in [1.82, 2.24) is 9.62 Å². The van der Waals surface area contributed by atoms with Gasteiger partial charge in [0, 0.05) is 51.5 Å². The van der Waals surface area contributed by atoms with Crippen LogP contribution in [0.15, 0.2) is 47.4 Å². The molecule has 8 nitrogen and oxygen atoms in total. The molecule has 2 aliphatic rings. The third-order valence-corrected chi connectivity index (χ3v) is 6.99. The van der Waals surface area contributed by atoms with Crippen molar-refractivity contribution in [2.75, 3.05) is 65.1 Å². The van der Waals surface area contributed by atoms with E-state index in [1.165, 1.54) is 6.07 Å². The van der Waals surface area contributed by atoms with Crippen LogP contribution in [0, 0.1) is 0 Å². The third-order valence-electron chi connectivity index (χ3n) is 5.57. The second-order valence-electron chi connectivity index (χ2n) is 7.81. The zero-order valence-electron chi connectivity index (χ0n) is 17.9. The van der Waals surface area contributed by atoms with Crippen molar-refractivity contribution in [3.05, 3.63) is 48.0 Å². The highest BCUT2D eigenvalue weighted by atomic mass is 32.2. The smallest absolute Gasteiger partial charge is 0.240 e. The Labute approximate surface area is 183 Å². The molecule has 0 amide bonds. The molecule has 0 unspecified atom stereocenters. The number of anilines is 1. The fourth-order valence-electron chi connectivity index (χ4n) is 3.80. The SMILES string of the molecule is CN(C)c1ccc([C@H](CNS(=O)(=O)c2ccc3c(c2)OCCO3)N2CCOCC2)cc1. The minimum Gasteiger partial charge on any atom is -0.486 e. The van der Waals surface area contributed by atoms with E-state index in [1.54, 1.807) is 12.1 Å². The first-order valence-electron chi connectivity index (χ1n) is 10.4. The van der Waals surface area contributed by atoms with Gasteiger partial charge in [0.15, 0.2) is 11.5 Å². The van der Waals surface area contributed by atoms with Gasteiger partial charge in [-0.2, -0.15) is 0 Å². The summed E-state index contributed by atoms with van der Waals surface area (Å²) in [5, 5.41) is 0. The predicted molar refractivity (Wildman–Crippen MR) is 119 cm³/mol. The van der Waals surface area contributed by atoms with Crippen LogP contribution in [0.1, 0.15) is 11.6 Å². The lowest BCUT2D eigenvalue weighted by atomic mass is 10.0. The van der Waals surface area contributed by atoms with Crippen LogP contribution >= 0.6 is 0 Å². The number of hydrogen-bond donors (Lipinski definition) is 1. The van der Waals surface area contributed by atoms with E-state index in [2.05, 4.69) is 33.9 Å². The summed E-state index contributed by atoms with van der Waals surface area (Å²) >= 11 is 0. The summed E-state index contributed by atoms with van der Waals surface area (Å²) in [5.74, 6) is 1.02. The Morgan fingerprint density at radius 2 is 1.65 bits per heavy atom. The van der Waals surface area contributed by atoms with Crippen molar-refractivity contribution < 1.29 is 22.6 Å². The Morgan fingerprint density at radius 3 is 2.32 bits per heavy atom. The van der Waals surface area contributed by atoms with Gasteiger partial charge in [-0.1, -0.05) is 12.1 Å². The number of rotatable bonds is 7. The number of hydrogen-bond acceptors (Lipinski definition) is 7. The highest BCUT2D eigenvalue weighted by Gasteiger charge is 2.26. The van der Waals surface area contributed by atoms with Crippen LogP contribution in [0.3, 0.4) is 0 Å². The lowest BCUT2D eigenvalue weighted by Crippen LogP contribution is -2.43. The Morgan fingerprint density at radius 1 is 0.968 bits per heavy atom. The highest BCUT2D eigenvalue weighted by Crippen LogP contribution is 2.32. The van der Waals surface area contributed by atoms with Gasteiger partial charge in [-0.3, -0.25) is 4.90 Å². The number of benzene rings is 2. The van der Waals surface area contributed by atoms with Gasteiger partial charge >= 0.3 is 0 Å². The van der Waals surface area contributed by atoms with Crippen molar-refractivity contribution in [2.45, 2.75) is 10.9 Å². The molecule has 4 rings (SSSR count). The van der Waals surface area contributed by atoms with Crippen LogP contribution in [0.5, 0.6) is 11.5 Å². The Hall–Kier alpha value is -2.33. The summed E-state index contributed by atoms with van der Waals surface area (Å²) in [5.41, 5.74) is 2.17. The van der Waals surface area contributed by atoms with E-state index >= 15 is 0 Å². The number of fused-ring (bicyclic) bond motifs is 1. The molecular weight excluding hydrogens is 418 g/mol. The maximum absolute atomic E-state index is 13.0. The Balaban J connectivity index is 1.53. The third kappa shape index (κ3) is 5.12. The maximum atomic E-state index is 13.0. The molecule has 1 atom stereocenters. The number of nitrogens with one attached hydrogen (secondary N) is 1. The van der Waals surface area contributed by atoms with Crippen molar-refractivity contribution in [1.29, 1.82) is 0 Å². The Bertz CT molecular complexity index is 989. The lowest BCUT2D eigenvalue weighted by Gasteiger charge is -2.35. The molecule has 0 bridgehead atoms. The normalized spacial score (nSPS) is 17.9. The number of ether oxygens (including phenoxy) is 3. The van der Waals surface area contributed by atoms with Crippen LogP contribution in [0.4, 0.5) is 5.69 Å². The van der Waals surface area contributed by atoms with E-state index < -0.39 is 10.0 Å². The fraction of sp³-hybridized carbons (Fsp3) is 0.455. The summed E-state index contributed by atoms with van der Waals surface area (Å²) in [7, 11) is 0.283. The molecule has 2 aromatic carbocycles. The largest absolute Gasteiger partial charge is 0.486 e. The van der Waals surface area contributed by atoms with Gasteiger partial charge in [0.1, 0.15) is 13.2 Å². The molecule has 31 heavy (non-hydrogen) atoms. The van der Waals surface area contributed by atoms with Crippen LogP contribution in [-0.2, 0) is 14.8 Å². The maximum Gasteiger partial charge on any atom is 0.240 e. The van der Waals surface area contributed by atoms with E-state index in [9.17, 15) is 8.42 Å². The minimum atomic E-state index is -3.71. The van der Waals surface area contributed by atoms with Crippen molar-refractivity contribution in [3.63, 3.8) is 0 Å². The quantitative estimate of drug-likeness (QED) is 0.694. The molecule has 0 aromatic heterocycles. The monoisotopic (exact) mass is 447 g/mol. The molecule has 0 spiro atoms. The van der Waals surface area contributed by atoms with Crippen molar-refractivity contribution in [3.8, 4) is 11.5 Å². The van der Waals surface area contributed by atoms with Gasteiger partial charge in [-0.15, -0.1) is 0 Å². The van der Waals surface area contributed by atoms with Gasteiger partial charge in [0.25, 0.3) is 0 Å². The van der Waals surface area contributed by atoms with E-state index in [1.807, 2.05) is 19.0 Å². The second-order valence-corrected chi connectivity index (χ2v) is 9.57. The summed E-state index contributed by atoms with van der Waals surface area (Å²) in [6.45, 7) is 3.93. The molecule has 168 valence electrons. The van der Waals surface area contributed by atoms with E-state index in [-0.39, 0.29) is 17.5 Å². The molecule has 9 heteroatoms. The van der Waals surface area contributed by atoms with E-state index in [0.29, 0.717) is 37.9 Å². The molecule has 2 aliphatic heterocycles. The standard InChI is InChI=1S/C22H29N3O5S/c1-24(2)18-5-3-17(4-6-18)20(25-9-11-28-12-10-25)16-23-31(26,27)19-7-8-21-22(15-19)30-14-13-29-21/h3-8,15,20,23H,9-14,16H2,1-2H3/t20-/m0/s1. The molecule has 0 aliphatic carbocycles. The summed E-state index contributed by atoms with van der Waals surface area (Å²) < 4.78 is 45.4. The van der Waals surface area contributed by atoms with E-state index in [4.69, 9.17) is 14.2 Å². The first-order valence-corrected chi connectivity index (χ1v) is 11.9. The average molecular weight is 448 g/mol. The van der Waals surface area contributed by atoms with Gasteiger partial charge in [0.05, 0.1) is 18.1 Å². The van der Waals surface area contributed by atoms with Gasteiger partial charge in [-0.05, 0) is 29.8 Å². The van der Waals surface area contributed by atoms with Crippen LogP contribution < -0.4 is 19.1 Å². The average Bonchev–Trinajstić information content (AvgIpc) is 2.80. The Kier molecular flexibility index (Phi) is 6.66. The van der Waals surface area contributed by atoms with Crippen molar-refractivity contribution in [2.24, 2.45) is 0 Å². The summed E-state index contributed by atoms with van der Waals surface area (Å²) in [6, 6.07) is 12.9.